The molecule has 2 amide bonds. The second-order valence-electron chi connectivity index (χ2n) is 10.2. The Balaban J connectivity index is 1.22. The lowest BCUT2D eigenvalue weighted by Gasteiger charge is -2.31. The Kier molecular flexibility index (Phi) is 7.33. The molecule has 0 radical (unpaired) electrons. The van der Waals surface area contributed by atoms with E-state index in [1.165, 1.54) is 22.4 Å². The van der Waals surface area contributed by atoms with E-state index >= 15 is 0 Å². The third-order valence-corrected chi connectivity index (χ3v) is 7.75. The molecule has 3 aromatic carbocycles. The number of hydrogen-bond donors (Lipinski definition) is 1. The van der Waals surface area contributed by atoms with Gasteiger partial charge < -0.3 is 10.2 Å². The monoisotopic (exact) mass is 487 g/mol. The van der Waals surface area contributed by atoms with E-state index < -0.39 is 0 Å². The van der Waals surface area contributed by atoms with Gasteiger partial charge in [-0.3, -0.25) is 14.5 Å². The van der Waals surface area contributed by atoms with Crippen molar-refractivity contribution in [3.63, 3.8) is 0 Å². The van der Waals surface area contributed by atoms with E-state index in [1.54, 1.807) is 6.07 Å². The Hall–Kier alpha value is -3.25. The highest BCUT2D eigenvalue weighted by atomic mass is 19.1. The molecule has 0 unspecified atom stereocenters. The lowest BCUT2D eigenvalue weighted by Crippen LogP contribution is -2.45. The minimum absolute atomic E-state index is 0.0706. The Bertz CT molecular complexity index is 1240. The first-order chi connectivity index (χ1) is 17.5. The summed E-state index contributed by atoms with van der Waals surface area (Å²) < 4.78 is 14.1. The Morgan fingerprint density at radius 2 is 1.69 bits per heavy atom. The SMILES string of the molecule is O=C1CC[C@](CCC(=O)N2CCCN(Cc3ccccc3F)CC2)(Cc2cccc3ccccc23)N1. The van der Waals surface area contributed by atoms with Crippen LogP contribution in [0, 0.1) is 5.82 Å². The van der Waals surface area contributed by atoms with Gasteiger partial charge in [0.2, 0.25) is 11.8 Å². The zero-order chi connectivity index (χ0) is 25.0. The summed E-state index contributed by atoms with van der Waals surface area (Å²) in [6, 6.07) is 21.5. The van der Waals surface area contributed by atoms with E-state index in [4.69, 9.17) is 0 Å². The van der Waals surface area contributed by atoms with Gasteiger partial charge in [-0.15, -0.1) is 0 Å². The van der Waals surface area contributed by atoms with E-state index in [2.05, 4.69) is 40.5 Å². The average Bonchev–Trinajstić information content (AvgIpc) is 3.09. The van der Waals surface area contributed by atoms with Gasteiger partial charge in [-0.1, -0.05) is 60.7 Å². The van der Waals surface area contributed by atoms with Crippen LogP contribution in [0.1, 0.15) is 43.2 Å². The number of rotatable bonds is 7. The number of amides is 2. The standard InChI is InChI=1S/C30H34FN3O2/c31-27-12-4-2-8-25(27)22-33-17-6-18-34(20-19-33)29(36)14-16-30(15-13-28(35)32-30)21-24-10-5-9-23-7-1-3-11-26(23)24/h1-5,7-12H,6,13-22H2,(H,32,35)/t30-/m0/s1. The molecule has 36 heavy (non-hydrogen) atoms. The van der Waals surface area contributed by atoms with Gasteiger partial charge in [0.15, 0.2) is 0 Å². The van der Waals surface area contributed by atoms with Gasteiger partial charge in [0.1, 0.15) is 5.82 Å². The quantitative estimate of drug-likeness (QED) is 0.526. The van der Waals surface area contributed by atoms with Crippen molar-refractivity contribution in [2.24, 2.45) is 0 Å². The van der Waals surface area contributed by atoms with Crippen LogP contribution in [0.3, 0.4) is 0 Å². The van der Waals surface area contributed by atoms with Gasteiger partial charge in [0.25, 0.3) is 0 Å². The maximum atomic E-state index is 14.1. The van der Waals surface area contributed by atoms with Crippen LogP contribution < -0.4 is 5.32 Å². The summed E-state index contributed by atoms with van der Waals surface area (Å²) in [6.45, 7) is 3.51. The molecular formula is C30H34FN3O2. The summed E-state index contributed by atoms with van der Waals surface area (Å²) in [5.41, 5.74) is 1.52. The molecule has 0 saturated carbocycles. The van der Waals surface area contributed by atoms with E-state index in [1.807, 2.05) is 29.2 Å². The number of carbonyl (C=O) groups is 2. The molecule has 1 atom stereocenters. The Morgan fingerprint density at radius 1 is 0.917 bits per heavy atom. The Morgan fingerprint density at radius 3 is 2.53 bits per heavy atom. The van der Waals surface area contributed by atoms with Gasteiger partial charge in [-0.2, -0.15) is 0 Å². The topological polar surface area (TPSA) is 52.7 Å². The summed E-state index contributed by atoms with van der Waals surface area (Å²) in [4.78, 5) is 29.7. The smallest absolute Gasteiger partial charge is 0.222 e. The van der Waals surface area contributed by atoms with Crippen molar-refractivity contribution in [2.75, 3.05) is 26.2 Å². The van der Waals surface area contributed by atoms with Gasteiger partial charge in [0, 0.05) is 56.7 Å². The maximum absolute atomic E-state index is 14.1. The number of hydrogen-bond acceptors (Lipinski definition) is 3. The van der Waals surface area contributed by atoms with E-state index in [-0.39, 0.29) is 23.2 Å². The van der Waals surface area contributed by atoms with Crippen LogP contribution >= 0.6 is 0 Å². The van der Waals surface area contributed by atoms with Crippen LogP contribution in [0.25, 0.3) is 10.8 Å². The molecule has 188 valence electrons. The predicted octanol–water partition coefficient (Wildman–Crippen LogP) is 4.68. The molecule has 0 spiro atoms. The number of nitrogens with zero attached hydrogens (tertiary/aromatic N) is 2. The van der Waals surface area contributed by atoms with Crippen LogP contribution in [0.4, 0.5) is 4.39 Å². The van der Waals surface area contributed by atoms with Crippen molar-refractivity contribution in [2.45, 2.75) is 50.6 Å². The van der Waals surface area contributed by atoms with Crippen LogP contribution in [0.15, 0.2) is 66.7 Å². The molecule has 6 heteroatoms. The number of halogens is 1. The van der Waals surface area contributed by atoms with Gasteiger partial charge in [0.05, 0.1) is 0 Å². The molecule has 1 N–H and O–H groups in total. The molecule has 3 aromatic rings. The predicted molar refractivity (Wildman–Crippen MR) is 140 cm³/mol. The molecule has 0 aliphatic carbocycles. The first kappa shape index (κ1) is 24.4. The van der Waals surface area contributed by atoms with Gasteiger partial charge in [-0.25, -0.2) is 4.39 Å². The van der Waals surface area contributed by atoms with Gasteiger partial charge >= 0.3 is 0 Å². The van der Waals surface area contributed by atoms with Crippen LogP contribution in [0.2, 0.25) is 0 Å². The Labute approximate surface area is 212 Å². The summed E-state index contributed by atoms with van der Waals surface area (Å²) >= 11 is 0. The van der Waals surface area contributed by atoms with E-state index in [9.17, 15) is 14.0 Å². The summed E-state index contributed by atoms with van der Waals surface area (Å²) in [7, 11) is 0. The fourth-order valence-electron chi connectivity index (χ4n) is 5.74. The summed E-state index contributed by atoms with van der Waals surface area (Å²) in [5.74, 6) is 0.0345. The largest absolute Gasteiger partial charge is 0.350 e. The number of benzene rings is 3. The van der Waals surface area contributed by atoms with Crippen molar-refractivity contribution >= 4 is 22.6 Å². The number of fused-ring (bicyclic) bond motifs is 1. The highest BCUT2D eigenvalue weighted by molar-refractivity contribution is 5.86. The van der Waals surface area contributed by atoms with Crippen molar-refractivity contribution in [1.29, 1.82) is 0 Å². The molecule has 0 bridgehead atoms. The van der Waals surface area contributed by atoms with Gasteiger partial charge in [-0.05, 0) is 48.1 Å². The fourth-order valence-corrected chi connectivity index (χ4v) is 5.74. The fraction of sp³-hybridized carbons (Fsp3) is 0.400. The molecule has 2 heterocycles. The second-order valence-corrected chi connectivity index (χ2v) is 10.2. The van der Waals surface area contributed by atoms with Crippen molar-refractivity contribution in [3.05, 3.63) is 83.7 Å². The molecule has 2 aliphatic heterocycles. The highest BCUT2D eigenvalue weighted by Gasteiger charge is 2.38. The van der Waals surface area contributed by atoms with E-state index in [0.29, 0.717) is 37.9 Å². The normalized spacial score (nSPS) is 20.9. The van der Waals surface area contributed by atoms with Crippen molar-refractivity contribution in [3.8, 4) is 0 Å². The molecule has 5 rings (SSSR count). The minimum Gasteiger partial charge on any atom is -0.350 e. The second kappa shape index (κ2) is 10.8. The molecule has 2 fully saturated rings. The molecular weight excluding hydrogens is 453 g/mol. The van der Waals surface area contributed by atoms with Crippen LogP contribution in [-0.4, -0.2) is 53.3 Å². The lowest BCUT2D eigenvalue weighted by atomic mass is 9.83. The minimum atomic E-state index is -0.389. The molecule has 2 aliphatic rings. The van der Waals surface area contributed by atoms with Crippen LogP contribution in [0.5, 0.6) is 0 Å². The zero-order valence-corrected chi connectivity index (χ0v) is 20.7. The third kappa shape index (κ3) is 5.59. The molecule has 2 saturated heterocycles. The zero-order valence-electron chi connectivity index (χ0n) is 20.7. The third-order valence-electron chi connectivity index (χ3n) is 7.75. The highest BCUT2D eigenvalue weighted by Crippen LogP contribution is 2.32. The maximum Gasteiger partial charge on any atom is 0.222 e. The average molecular weight is 488 g/mol. The number of nitrogens with one attached hydrogen (secondary N) is 1. The summed E-state index contributed by atoms with van der Waals surface area (Å²) in [6.07, 6.45) is 3.91. The van der Waals surface area contributed by atoms with Crippen molar-refractivity contribution < 1.29 is 14.0 Å². The van der Waals surface area contributed by atoms with Crippen LogP contribution in [-0.2, 0) is 22.6 Å². The first-order valence-corrected chi connectivity index (χ1v) is 13.0. The summed E-state index contributed by atoms with van der Waals surface area (Å²) in [5, 5.41) is 5.63. The number of carbonyl (C=O) groups excluding carboxylic acids is 2. The van der Waals surface area contributed by atoms with E-state index in [0.717, 1.165) is 38.9 Å². The lowest BCUT2D eigenvalue weighted by molar-refractivity contribution is -0.131. The first-order valence-electron chi connectivity index (χ1n) is 13.0. The molecule has 5 nitrogen and oxygen atoms in total. The van der Waals surface area contributed by atoms with Crippen molar-refractivity contribution in [1.82, 2.24) is 15.1 Å². The molecule has 0 aromatic heterocycles.